The van der Waals surface area contributed by atoms with E-state index in [-0.39, 0.29) is 24.8 Å². The van der Waals surface area contributed by atoms with E-state index in [4.69, 9.17) is 4.74 Å². The molecule has 28 heavy (non-hydrogen) atoms. The second-order valence-electron chi connectivity index (χ2n) is 7.95. The van der Waals surface area contributed by atoms with Gasteiger partial charge in [0.2, 0.25) is 5.91 Å². The monoisotopic (exact) mass is 390 g/mol. The molecule has 154 valence electrons. The number of likely N-dealkylation sites (tertiary alicyclic amines) is 1. The number of ether oxygens (including phenoxy) is 1. The Bertz CT molecular complexity index is 665. The van der Waals surface area contributed by atoms with Crippen LogP contribution in [0.4, 0.5) is 4.79 Å². The standard InChI is InChI=1S/C20H30N4O4/c1-20(2,3)28-19(27)22-10-6-17(25)24-11-7-15(8-12-24)13-23-18(26)16-5-4-9-21-14-16/h4-5,9,14-15H,6-8,10-13H2,1-3H3,(H,22,27)(H,23,26). The van der Waals surface area contributed by atoms with Crippen LogP contribution in [0.25, 0.3) is 0 Å². The third kappa shape index (κ3) is 7.54. The van der Waals surface area contributed by atoms with Crippen molar-refractivity contribution in [3.05, 3.63) is 30.1 Å². The van der Waals surface area contributed by atoms with E-state index in [1.165, 1.54) is 0 Å². The van der Waals surface area contributed by atoms with Crippen LogP contribution in [0.15, 0.2) is 24.5 Å². The molecular weight excluding hydrogens is 360 g/mol. The molecule has 3 amide bonds. The van der Waals surface area contributed by atoms with E-state index in [2.05, 4.69) is 15.6 Å². The number of nitrogens with zero attached hydrogens (tertiary/aromatic N) is 2. The van der Waals surface area contributed by atoms with Crippen molar-refractivity contribution in [1.82, 2.24) is 20.5 Å². The maximum atomic E-state index is 12.3. The Balaban J connectivity index is 1.62. The van der Waals surface area contributed by atoms with Gasteiger partial charge in [-0.2, -0.15) is 0 Å². The fourth-order valence-electron chi connectivity index (χ4n) is 2.97. The summed E-state index contributed by atoms with van der Waals surface area (Å²) in [4.78, 5) is 41.7. The van der Waals surface area contributed by atoms with E-state index in [1.54, 1.807) is 45.3 Å². The first-order valence-corrected chi connectivity index (χ1v) is 9.67. The lowest BCUT2D eigenvalue weighted by molar-refractivity contribution is -0.132. The Morgan fingerprint density at radius 1 is 1.21 bits per heavy atom. The van der Waals surface area contributed by atoms with Crippen molar-refractivity contribution < 1.29 is 19.1 Å². The van der Waals surface area contributed by atoms with Crippen LogP contribution in [0.2, 0.25) is 0 Å². The van der Waals surface area contributed by atoms with E-state index < -0.39 is 11.7 Å². The zero-order valence-corrected chi connectivity index (χ0v) is 16.9. The number of pyridine rings is 1. The molecule has 0 unspecified atom stereocenters. The second kappa shape index (κ2) is 10.1. The van der Waals surface area contributed by atoms with Gasteiger partial charge in [-0.15, -0.1) is 0 Å². The molecule has 0 atom stereocenters. The third-order valence-corrected chi connectivity index (χ3v) is 4.45. The first-order valence-electron chi connectivity index (χ1n) is 9.67. The minimum absolute atomic E-state index is 0.0221. The molecule has 1 aromatic rings. The van der Waals surface area contributed by atoms with E-state index in [1.807, 2.05) is 4.90 Å². The SMILES string of the molecule is CC(C)(C)OC(=O)NCCC(=O)N1CCC(CNC(=O)c2cccnc2)CC1. The summed E-state index contributed by atoms with van der Waals surface area (Å²) >= 11 is 0. The van der Waals surface area contributed by atoms with Gasteiger partial charge >= 0.3 is 6.09 Å². The Morgan fingerprint density at radius 2 is 1.93 bits per heavy atom. The molecule has 0 spiro atoms. The van der Waals surface area contributed by atoms with Crippen molar-refractivity contribution >= 4 is 17.9 Å². The fraction of sp³-hybridized carbons (Fsp3) is 0.600. The second-order valence-corrected chi connectivity index (χ2v) is 7.95. The number of piperidine rings is 1. The van der Waals surface area contributed by atoms with E-state index in [0.29, 0.717) is 31.1 Å². The maximum absolute atomic E-state index is 12.3. The van der Waals surface area contributed by atoms with Gasteiger partial charge < -0.3 is 20.3 Å². The van der Waals surface area contributed by atoms with Gasteiger partial charge in [-0.25, -0.2) is 4.79 Å². The number of hydrogen-bond acceptors (Lipinski definition) is 5. The van der Waals surface area contributed by atoms with Gasteiger partial charge in [0.1, 0.15) is 5.60 Å². The predicted molar refractivity (Wildman–Crippen MR) is 105 cm³/mol. The number of amides is 3. The minimum atomic E-state index is -0.553. The summed E-state index contributed by atoms with van der Waals surface area (Å²) < 4.78 is 5.14. The van der Waals surface area contributed by atoms with Crippen LogP contribution >= 0.6 is 0 Å². The van der Waals surface area contributed by atoms with Gasteiger partial charge in [0.15, 0.2) is 0 Å². The lowest BCUT2D eigenvalue weighted by Gasteiger charge is -2.32. The van der Waals surface area contributed by atoms with Gasteiger partial charge in [0.25, 0.3) is 5.91 Å². The summed E-state index contributed by atoms with van der Waals surface area (Å²) in [5.41, 5.74) is -0.00445. The number of rotatable bonds is 6. The molecule has 1 aliphatic rings. The van der Waals surface area contributed by atoms with Gasteiger partial charge in [0.05, 0.1) is 5.56 Å². The molecule has 0 bridgehead atoms. The average Bonchev–Trinajstić information content (AvgIpc) is 2.65. The molecule has 1 aromatic heterocycles. The molecule has 1 fully saturated rings. The first-order chi connectivity index (χ1) is 13.2. The molecule has 8 nitrogen and oxygen atoms in total. The van der Waals surface area contributed by atoms with Crippen LogP contribution in [-0.2, 0) is 9.53 Å². The molecule has 0 radical (unpaired) electrons. The Morgan fingerprint density at radius 3 is 2.54 bits per heavy atom. The number of aromatic nitrogens is 1. The lowest BCUT2D eigenvalue weighted by atomic mass is 9.96. The number of carbonyl (C=O) groups excluding carboxylic acids is 3. The Kier molecular flexibility index (Phi) is 7.78. The van der Waals surface area contributed by atoms with Gasteiger partial charge in [0, 0.05) is 45.0 Å². The maximum Gasteiger partial charge on any atom is 0.407 e. The fourth-order valence-corrected chi connectivity index (χ4v) is 2.97. The van der Waals surface area contributed by atoms with Crippen molar-refractivity contribution in [2.75, 3.05) is 26.2 Å². The van der Waals surface area contributed by atoms with E-state index >= 15 is 0 Å². The number of carbonyl (C=O) groups is 3. The molecular formula is C20H30N4O4. The zero-order valence-electron chi connectivity index (χ0n) is 16.9. The molecule has 0 aromatic carbocycles. The summed E-state index contributed by atoms with van der Waals surface area (Å²) in [5, 5.41) is 5.54. The molecule has 2 rings (SSSR count). The first kappa shape index (κ1) is 21.7. The topological polar surface area (TPSA) is 101 Å². The quantitative estimate of drug-likeness (QED) is 0.773. The van der Waals surface area contributed by atoms with Crippen molar-refractivity contribution in [3.8, 4) is 0 Å². The van der Waals surface area contributed by atoms with Gasteiger partial charge in [-0.3, -0.25) is 14.6 Å². The highest BCUT2D eigenvalue weighted by molar-refractivity contribution is 5.93. The highest BCUT2D eigenvalue weighted by Gasteiger charge is 2.23. The normalized spacial score (nSPS) is 15.0. The summed E-state index contributed by atoms with van der Waals surface area (Å²) in [6.45, 7) is 7.56. The molecule has 1 saturated heterocycles. The third-order valence-electron chi connectivity index (χ3n) is 4.45. The van der Waals surface area contributed by atoms with Crippen LogP contribution in [0.5, 0.6) is 0 Å². The summed E-state index contributed by atoms with van der Waals surface area (Å²) in [7, 11) is 0. The Labute approximate surface area is 166 Å². The number of nitrogens with one attached hydrogen (secondary N) is 2. The van der Waals surface area contributed by atoms with Gasteiger partial charge in [-0.1, -0.05) is 0 Å². The number of hydrogen-bond donors (Lipinski definition) is 2. The predicted octanol–water partition coefficient (Wildman–Crippen LogP) is 1.96. The molecule has 8 heteroatoms. The summed E-state index contributed by atoms with van der Waals surface area (Å²) in [5.74, 6) is 0.248. The Hall–Kier alpha value is -2.64. The van der Waals surface area contributed by atoms with Crippen LogP contribution in [0, 0.1) is 5.92 Å². The minimum Gasteiger partial charge on any atom is -0.444 e. The van der Waals surface area contributed by atoms with Crippen molar-refractivity contribution in [2.24, 2.45) is 5.92 Å². The van der Waals surface area contributed by atoms with E-state index in [0.717, 1.165) is 12.8 Å². The molecule has 0 saturated carbocycles. The van der Waals surface area contributed by atoms with Crippen LogP contribution < -0.4 is 10.6 Å². The molecule has 2 N–H and O–H groups in total. The molecule has 1 aliphatic heterocycles. The van der Waals surface area contributed by atoms with Gasteiger partial charge in [-0.05, 0) is 51.7 Å². The van der Waals surface area contributed by atoms with Crippen molar-refractivity contribution in [1.29, 1.82) is 0 Å². The zero-order chi connectivity index (χ0) is 20.6. The lowest BCUT2D eigenvalue weighted by Crippen LogP contribution is -2.42. The van der Waals surface area contributed by atoms with Crippen LogP contribution in [0.1, 0.15) is 50.4 Å². The van der Waals surface area contributed by atoms with Crippen molar-refractivity contribution in [2.45, 2.75) is 45.6 Å². The average molecular weight is 390 g/mol. The highest BCUT2D eigenvalue weighted by Crippen LogP contribution is 2.17. The highest BCUT2D eigenvalue weighted by atomic mass is 16.6. The largest absolute Gasteiger partial charge is 0.444 e. The molecule has 2 heterocycles. The number of alkyl carbamates (subject to hydrolysis) is 1. The van der Waals surface area contributed by atoms with Crippen LogP contribution in [-0.4, -0.2) is 59.6 Å². The molecule has 0 aliphatic carbocycles. The summed E-state index contributed by atoms with van der Waals surface area (Å²) in [6, 6.07) is 3.46. The summed E-state index contributed by atoms with van der Waals surface area (Å²) in [6.07, 6.45) is 4.61. The van der Waals surface area contributed by atoms with Crippen molar-refractivity contribution in [3.63, 3.8) is 0 Å². The van der Waals surface area contributed by atoms with Crippen LogP contribution in [0.3, 0.4) is 0 Å². The smallest absolute Gasteiger partial charge is 0.407 e. The van der Waals surface area contributed by atoms with E-state index in [9.17, 15) is 14.4 Å².